The number of carbonyl (C=O) groups is 5. The van der Waals surface area contributed by atoms with Crippen LogP contribution in [0.5, 0.6) is 0 Å². The fourth-order valence-corrected chi connectivity index (χ4v) is 5.81. The highest BCUT2D eigenvalue weighted by atomic mass is 16.5. The Morgan fingerprint density at radius 3 is 2.20 bits per heavy atom. The van der Waals surface area contributed by atoms with Crippen LogP contribution >= 0.6 is 0 Å². The second kappa shape index (κ2) is 14.6. The van der Waals surface area contributed by atoms with Gasteiger partial charge in [0, 0.05) is 24.8 Å². The monoisotopic (exact) mass is 665 g/mol. The van der Waals surface area contributed by atoms with E-state index >= 15 is 0 Å². The molecule has 0 radical (unpaired) electrons. The van der Waals surface area contributed by atoms with Crippen molar-refractivity contribution < 1.29 is 33.3 Å². The number of Topliss-reactive ketones (excluding diaryl/α,β-unsaturated/α-hetero) is 1. The molecule has 3 N–H and O–H groups in total. The maximum atomic E-state index is 14.3. The summed E-state index contributed by atoms with van der Waals surface area (Å²) in [6, 6.07) is 19.5. The van der Waals surface area contributed by atoms with E-state index in [9.17, 15) is 24.0 Å². The molecule has 2 aliphatic rings. The number of amides is 4. The number of rotatable bonds is 12. The lowest BCUT2D eigenvalue weighted by Crippen LogP contribution is -2.57. The van der Waals surface area contributed by atoms with Crippen LogP contribution in [0.25, 0.3) is 5.70 Å². The molecule has 0 saturated carbocycles. The van der Waals surface area contributed by atoms with Gasteiger partial charge in [0.15, 0.2) is 12.4 Å². The average Bonchev–Trinajstić information content (AvgIpc) is 3.44. The van der Waals surface area contributed by atoms with E-state index in [2.05, 4.69) is 10.3 Å². The Kier molecular flexibility index (Phi) is 10.4. The highest BCUT2D eigenvalue weighted by molar-refractivity contribution is 6.39. The van der Waals surface area contributed by atoms with Gasteiger partial charge in [-0.1, -0.05) is 74.5 Å². The zero-order chi connectivity index (χ0) is 35.3. The molecule has 0 fully saturated rings. The molecule has 3 heterocycles. The minimum atomic E-state index is -0.999. The Labute approximate surface area is 285 Å². The van der Waals surface area contributed by atoms with Crippen molar-refractivity contribution in [2.45, 2.75) is 58.3 Å². The SMILES string of the molecule is CC(C)[C@@H]1C(=O)N(CC(=O)N[C@@H](Cc2ccccc2)C(=O)C2=NC(C)(C)CO2)C(c2ccccc2)=CN1C(=O)c1cc[n+](CC(N)=O)cc1. The molecule has 12 heteroatoms. The van der Waals surface area contributed by atoms with Gasteiger partial charge in [-0.05, 0) is 30.9 Å². The van der Waals surface area contributed by atoms with Crippen molar-refractivity contribution in [1.29, 1.82) is 0 Å². The van der Waals surface area contributed by atoms with Crippen LogP contribution in [0.1, 0.15) is 49.2 Å². The number of aliphatic imine (C=N–C) groups is 1. The third-order valence-corrected chi connectivity index (χ3v) is 8.20. The van der Waals surface area contributed by atoms with Crippen LogP contribution in [0.2, 0.25) is 0 Å². The molecule has 254 valence electrons. The number of hydrogen-bond donors (Lipinski definition) is 2. The molecule has 4 amide bonds. The summed E-state index contributed by atoms with van der Waals surface area (Å²) in [6.45, 7) is 7.16. The van der Waals surface area contributed by atoms with E-state index in [1.807, 2.05) is 64.1 Å². The van der Waals surface area contributed by atoms with Gasteiger partial charge in [0.05, 0.1) is 16.8 Å². The molecule has 2 aliphatic heterocycles. The third kappa shape index (κ3) is 8.26. The van der Waals surface area contributed by atoms with Crippen molar-refractivity contribution >= 4 is 41.0 Å². The lowest BCUT2D eigenvalue weighted by molar-refractivity contribution is -0.684. The first-order valence-electron chi connectivity index (χ1n) is 16.1. The van der Waals surface area contributed by atoms with Crippen molar-refractivity contribution in [2.75, 3.05) is 13.2 Å². The van der Waals surface area contributed by atoms with E-state index in [1.165, 1.54) is 9.80 Å². The summed E-state index contributed by atoms with van der Waals surface area (Å²) in [5.74, 6) is -2.78. The molecule has 12 nitrogen and oxygen atoms in total. The summed E-state index contributed by atoms with van der Waals surface area (Å²) in [6.07, 6.45) is 4.93. The van der Waals surface area contributed by atoms with Crippen LogP contribution in [-0.2, 0) is 36.9 Å². The lowest BCUT2D eigenvalue weighted by atomic mass is 9.96. The lowest BCUT2D eigenvalue weighted by Gasteiger charge is -2.41. The van der Waals surface area contributed by atoms with Crippen LogP contribution < -0.4 is 15.6 Å². The van der Waals surface area contributed by atoms with Gasteiger partial charge in [-0.15, -0.1) is 0 Å². The van der Waals surface area contributed by atoms with Crippen molar-refractivity contribution in [2.24, 2.45) is 16.6 Å². The minimum Gasteiger partial charge on any atom is -0.473 e. The number of benzene rings is 2. The highest BCUT2D eigenvalue weighted by Crippen LogP contribution is 2.31. The van der Waals surface area contributed by atoms with E-state index < -0.39 is 53.6 Å². The number of primary amides is 1. The van der Waals surface area contributed by atoms with Gasteiger partial charge >= 0.3 is 0 Å². The number of carbonyl (C=O) groups excluding carboxylic acids is 5. The normalized spacial score (nSPS) is 17.6. The number of hydrogen-bond acceptors (Lipinski definition) is 7. The van der Waals surface area contributed by atoms with Crippen molar-refractivity contribution in [1.82, 2.24) is 15.1 Å². The van der Waals surface area contributed by atoms with E-state index in [4.69, 9.17) is 10.5 Å². The van der Waals surface area contributed by atoms with E-state index in [-0.39, 0.29) is 31.4 Å². The molecular formula is C37H41N6O6+. The van der Waals surface area contributed by atoms with Crippen LogP contribution in [0.4, 0.5) is 0 Å². The largest absolute Gasteiger partial charge is 0.473 e. The van der Waals surface area contributed by atoms with Gasteiger partial charge in [0.2, 0.25) is 18.2 Å². The smallest absolute Gasteiger partial charge is 0.283 e. The Morgan fingerprint density at radius 1 is 1.00 bits per heavy atom. The first-order chi connectivity index (χ1) is 23.3. The van der Waals surface area contributed by atoms with Crippen molar-refractivity contribution in [3.63, 3.8) is 0 Å². The zero-order valence-electron chi connectivity index (χ0n) is 28.0. The quantitative estimate of drug-likeness (QED) is 0.283. The molecule has 0 unspecified atom stereocenters. The molecule has 0 spiro atoms. The molecular weight excluding hydrogens is 624 g/mol. The summed E-state index contributed by atoms with van der Waals surface area (Å²) in [5, 5.41) is 2.85. The van der Waals surface area contributed by atoms with Gasteiger partial charge in [-0.25, -0.2) is 4.99 Å². The number of nitrogens with one attached hydrogen (secondary N) is 1. The molecule has 2 atom stereocenters. The molecule has 1 aromatic heterocycles. The molecule has 0 saturated heterocycles. The summed E-state index contributed by atoms with van der Waals surface area (Å²) in [5.41, 5.74) is 6.82. The Hall–Kier alpha value is -5.65. The highest BCUT2D eigenvalue weighted by Gasteiger charge is 2.42. The molecule has 0 bridgehead atoms. The molecule has 0 aliphatic carbocycles. The Bertz CT molecular complexity index is 1790. The maximum Gasteiger partial charge on any atom is 0.283 e. The molecule has 49 heavy (non-hydrogen) atoms. The predicted octanol–water partition coefficient (Wildman–Crippen LogP) is 2.27. The first-order valence-corrected chi connectivity index (χ1v) is 16.1. The fourth-order valence-electron chi connectivity index (χ4n) is 5.81. The van der Waals surface area contributed by atoms with E-state index in [0.717, 1.165) is 5.56 Å². The third-order valence-electron chi connectivity index (χ3n) is 8.20. The number of pyridine rings is 1. The van der Waals surface area contributed by atoms with Crippen LogP contribution in [-0.4, -0.2) is 75.9 Å². The zero-order valence-corrected chi connectivity index (χ0v) is 28.0. The number of ether oxygens (including phenoxy) is 1. The van der Waals surface area contributed by atoms with Gasteiger partial charge in [-0.2, -0.15) is 4.57 Å². The minimum absolute atomic E-state index is 0.0414. The van der Waals surface area contributed by atoms with E-state index in [0.29, 0.717) is 16.8 Å². The number of nitrogens with zero attached hydrogens (tertiary/aromatic N) is 4. The standard InChI is InChI=1S/C37H40N6O6/c1-24(2)32-36(48)42(22-31(45)39-28(19-25-11-7-5-8-12-25)33(46)34-40-37(3,4)23-49-34)29(26-13-9-6-10-14-26)20-43(32)35(47)27-15-17-41(18-16-27)21-30(38)44/h5-18,20,24,28,32H,19,21-23H2,1-4H3,(H2-,38,39,44,45)/p+1/t28-,32+/m0/s1. The summed E-state index contributed by atoms with van der Waals surface area (Å²) in [4.78, 5) is 74.3. The number of aromatic nitrogens is 1. The number of nitrogens with two attached hydrogens (primary N) is 1. The van der Waals surface area contributed by atoms with Crippen LogP contribution in [0, 0.1) is 5.92 Å². The number of ketones is 1. The second-order valence-electron chi connectivity index (χ2n) is 13.1. The first kappa shape index (κ1) is 34.7. The molecule has 5 rings (SSSR count). The average molecular weight is 666 g/mol. The summed E-state index contributed by atoms with van der Waals surface area (Å²) in [7, 11) is 0. The predicted molar refractivity (Wildman–Crippen MR) is 181 cm³/mol. The van der Waals surface area contributed by atoms with Gasteiger partial charge in [0.1, 0.15) is 25.2 Å². The van der Waals surface area contributed by atoms with Gasteiger partial charge < -0.3 is 20.7 Å². The Morgan fingerprint density at radius 2 is 1.63 bits per heavy atom. The van der Waals surface area contributed by atoms with E-state index in [1.54, 1.807) is 59.6 Å². The Balaban J connectivity index is 1.46. The summed E-state index contributed by atoms with van der Waals surface area (Å²) < 4.78 is 7.17. The van der Waals surface area contributed by atoms with Crippen molar-refractivity contribution in [3.8, 4) is 0 Å². The van der Waals surface area contributed by atoms with Gasteiger partial charge in [-0.3, -0.25) is 28.9 Å². The summed E-state index contributed by atoms with van der Waals surface area (Å²) >= 11 is 0. The van der Waals surface area contributed by atoms with Gasteiger partial charge in [0.25, 0.3) is 23.6 Å². The van der Waals surface area contributed by atoms with Crippen LogP contribution in [0.3, 0.4) is 0 Å². The van der Waals surface area contributed by atoms with Crippen molar-refractivity contribution in [3.05, 3.63) is 108 Å². The topological polar surface area (TPSA) is 155 Å². The molecule has 2 aromatic carbocycles. The second-order valence-corrected chi connectivity index (χ2v) is 13.1. The fraction of sp³-hybridized carbons (Fsp3) is 0.324. The maximum absolute atomic E-state index is 14.3. The molecule has 3 aromatic rings. The van der Waals surface area contributed by atoms with Crippen LogP contribution in [0.15, 0.2) is 96.4 Å².